The van der Waals surface area contributed by atoms with Crippen molar-refractivity contribution in [2.75, 3.05) is 13.2 Å². The second-order valence-corrected chi connectivity index (χ2v) is 4.84. The fourth-order valence-electron chi connectivity index (χ4n) is 1.87. The van der Waals surface area contributed by atoms with Crippen LogP contribution in [0.2, 0.25) is 0 Å². The molecule has 16 heavy (non-hydrogen) atoms. The van der Waals surface area contributed by atoms with Gasteiger partial charge in [0.15, 0.2) is 0 Å². The molecule has 0 bridgehead atoms. The summed E-state index contributed by atoms with van der Waals surface area (Å²) in [6.07, 6.45) is -0.524. The van der Waals surface area contributed by atoms with Gasteiger partial charge in [-0.2, -0.15) is 0 Å². The molecular weight excluding hydrogens is 325 g/mol. The second-order valence-electron chi connectivity index (χ2n) is 3.74. The fourth-order valence-corrected chi connectivity index (χ4v) is 2.37. The van der Waals surface area contributed by atoms with Crippen molar-refractivity contribution in [3.63, 3.8) is 0 Å². The van der Waals surface area contributed by atoms with Gasteiger partial charge in [0.2, 0.25) is 0 Å². The molecule has 2 heterocycles. The minimum atomic E-state index is -1.23. The molecule has 1 aromatic heterocycles. The van der Waals surface area contributed by atoms with E-state index in [1.807, 2.05) is 22.6 Å². The summed E-state index contributed by atoms with van der Waals surface area (Å²) < 4.78 is 6.11. The van der Waals surface area contributed by atoms with Crippen molar-refractivity contribution in [2.45, 2.75) is 17.8 Å². The first kappa shape index (κ1) is 12.2. The van der Waals surface area contributed by atoms with Gasteiger partial charge in [-0.1, -0.05) is 0 Å². The van der Waals surface area contributed by atoms with Crippen LogP contribution in [-0.2, 0) is 10.3 Å². The van der Waals surface area contributed by atoms with E-state index in [2.05, 4.69) is 4.98 Å². The molecule has 2 rings (SSSR count). The molecule has 5 nitrogen and oxygen atoms in total. The Balaban J connectivity index is 2.42. The van der Waals surface area contributed by atoms with Crippen LogP contribution in [0.15, 0.2) is 18.3 Å². The van der Waals surface area contributed by atoms with Crippen LogP contribution < -0.4 is 0 Å². The van der Waals surface area contributed by atoms with Gasteiger partial charge in [-0.25, -0.2) is 0 Å². The van der Waals surface area contributed by atoms with Gasteiger partial charge in [0.25, 0.3) is 0 Å². The summed E-state index contributed by atoms with van der Waals surface area (Å²) in [6.45, 7) is -0.369. The molecule has 0 saturated carbocycles. The Labute approximate surface area is 106 Å². The lowest BCUT2D eigenvalue weighted by Gasteiger charge is -2.30. The molecule has 0 aliphatic carbocycles. The standard InChI is InChI=1S/C10H12INO4/c11-8-3-6(1-2-12-8)10(5-13)9(15)7(14)4-16-10/h1-3,7,9,13-15H,4-5H2/t7-,9-,10+/m0/s1. The summed E-state index contributed by atoms with van der Waals surface area (Å²) in [5, 5.41) is 28.8. The van der Waals surface area contributed by atoms with E-state index in [1.54, 1.807) is 18.3 Å². The van der Waals surface area contributed by atoms with Crippen molar-refractivity contribution in [1.82, 2.24) is 4.98 Å². The number of rotatable bonds is 2. The van der Waals surface area contributed by atoms with E-state index in [4.69, 9.17) is 4.74 Å². The van der Waals surface area contributed by atoms with E-state index in [9.17, 15) is 15.3 Å². The second kappa shape index (κ2) is 4.53. The molecule has 0 aromatic carbocycles. The first-order valence-corrected chi connectivity index (χ1v) is 5.91. The molecule has 0 unspecified atom stereocenters. The van der Waals surface area contributed by atoms with Crippen LogP contribution in [0.25, 0.3) is 0 Å². The number of aliphatic hydroxyl groups is 3. The maximum absolute atomic E-state index is 9.89. The summed E-state index contributed by atoms with van der Waals surface area (Å²) in [6, 6.07) is 3.39. The number of aromatic nitrogens is 1. The maximum Gasteiger partial charge on any atom is 0.145 e. The van der Waals surface area contributed by atoms with E-state index < -0.39 is 17.8 Å². The number of nitrogens with zero attached hydrogens (tertiary/aromatic N) is 1. The number of aliphatic hydroxyl groups excluding tert-OH is 3. The van der Waals surface area contributed by atoms with Crippen LogP contribution in [0.1, 0.15) is 5.56 Å². The molecule has 88 valence electrons. The van der Waals surface area contributed by atoms with Crippen molar-refractivity contribution in [2.24, 2.45) is 0 Å². The third-order valence-electron chi connectivity index (χ3n) is 2.80. The smallest absolute Gasteiger partial charge is 0.145 e. The van der Waals surface area contributed by atoms with Gasteiger partial charge in [0.05, 0.1) is 13.2 Å². The van der Waals surface area contributed by atoms with Crippen molar-refractivity contribution in [3.8, 4) is 0 Å². The molecule has 0 amide bonds. The van der Waals surface area contributed by atoms with Crippen molar-refractivity contribution in [1.29, 1.82) is 0 Å². The van der Waals surface area contributed by atoms with Crippen LogP contribution in [-0.4, -0.2) is 45.7 Å². The van der Waals surface area contributed by atoms with Crippen LogP contribution in [0.4, 0.5) is 0 Å². The highest BCUT2D eigenvalue weighted by molar-refractivity contribution is 14.1. The van der Waals surface area contributed by atoms with Gasteiger partial charge >= 0.3 is 0 Å². The number of hydrogen-bond donors (Lipinski definition) is 3. The number of hydrogen-bond acceptors (Lipinski definition) is 5. The maximum atomic E-state index is 9.89. The SMILES string of the molecule is OC[C@]1(c2ccnc(I)c2)OC[C@H](O)[C@@H]1O. The fraction of sp³-hybridized carbons (Fsp3) is 0.500. The average Bonchev–Trinajstić information content (AvgIpc) is 2.57. The topological polar surface area (TPSA) is 82.8 Å². The number of ether oxygens (including phenoxy) is 1. The normalized spacial score (nSPS) is 34.2. The molecule has 3 atom stereocenters. The van der Waals surface area contributed by atoms with Crippen LogP contribution in [0.5, 0.6) is 0 Å². The van der Waals surface area contributed by atoms with Gasteiger partial charge in [0.1, 0.15) is 21.5 Å². The molecule has 1 saturated heterocycles. The van der Waals surface area contributed by atoms with Crippen molar-refractivity contribution in [3.05, 3.63) is 27.6 Å². The molecule has 1 aliphatic rings. The molecule has 1 aliphatic heterocycles. The third kappa shape index (κ3) is 1.84. The number of pyridine rings is 1. The summed E-state index contributed by atoms with van der Waals surface area (Å²) in [5.41, 5.74) is -0.610. The van der Waals surface area contributed by atoms with Gasteiger partial charge in [-0.3, -0.25) is 4.98 Å². The first-order valence-electron chi connectivity index (χ1n) is 4.83. The van der Waals surface area contributed by atoms with Gasteiger partial charge < -0.3 is 20.1 Å². The highest BCUT2D eigenvalue weighted by Gasteiger charge is 2.50. The van der Waals surface area contributed by atoms with E-state index in [0.29, 0.717) is 5.56 Å². The average molecular weight is 337 g/mol. The highest BCUT2D eigenvalue weighted by Crippen LogP contribution is 2.36. The summed E-state index contributed by atoms with van der Waals surface area (Å²) in [4.78, 5) is 4.03. The predicted octanol–water partition coefficient (Wildman–Crippen LogP) is -0.374. The highest BCUT2D eigenvalue weighted by atomic mass is 127. The predicted molar refractivity (Wildman–Crippen MR) is 63.7 cm³/mol. The van der Waals surface area contributed by atoms with Crippen LogP contribution in [0, 0.1) is 3.70 Å². The molecule has 0 radical (unpaired) electrons. The van der Waals surface area contributed by atoms with Crippen molar-refractivity contribution >= 4 is 22.6 Å². The Hall–Kier alpha value is -0.280. The molecule has 1 aromatic rings. The van der Waals surface area contributed by atoms with E-state index >= 15 is 0 Å². The van der Waals surface area contributed by atoms with Crippen LogP contribution in [0.3, 0.4) is 0 Å². The van der Waals surface area contributed by atoms with Gasteiger partial charge in [0, 0.05) is 6.20 Å². The lowest BCUT2D eigenvalue weighted by Crippen LogP contribution is -2.43. The Bertz CT molecular complexity index is 389. The molecule has 6 heteroatoms. The Kier molecular flexibility index (Phi) is 3.45. The van der Waals surface area contributed by atoms with E-state index in [1.165, 1.54) is 0 Å². The third-order valence-corrected chi connectivity index (χ3v) is 3.39. The number of halogens is 1. The van der Waals surface area contributed by atoms with Crippen molar-refractivity contribution < 1.29 is 20.1 Å². The van der Waals surface area contributed by atoms with Gasteiger partial charge in [-0.05, 0) is 40.3 Å². The largest absolute Gasteiger partial charge is 0.393 e. The molecular formula is C10H12INO4. The Morgan fingerprint density at radius 1 is 1.56 bits per heavy atom. The molecule has 0 spiro atoms. The molecule has 3 N–H and O–H groups in total. The zero-order valence-corrected chi connectivity index (χ0v) is 10.5. The molecule has 1 fully saturated rings. The Morgan fingerprint density at radius 2 is 2.31 bits per heavy atom. The zero-order chi connectivity index (χ0) is 11.8. The summed E-state index contributed by atoms with van der Waals surface area (Å²) in [5.74, 6) is 0. The minimum absolute atomic E-state index is 0.0145. The lowest BCUT2D eigenvalue weighted by molar-refractivity contribution is -0.101. The lowest BCUT2D eigenvalue weighted by atomic mass is 9.89. The van der Waals surface area contributed by atoms with E-state index in [-0.39, 0.29) is 13.2 Å². The van der Waals surface area contributed by atoms with E-state index in [0.717, 1.165) is 3.70 Å². The summed E-state index contributed by atoms with van der Waals surface area (Å²) >= 11 is 2.03. The monoisotopic (exact) mass is 337 g/mol. The summed E-state index contributed by atoms with van der Waals surface area (Å²) in [7, 11) is 0. The first-order chi connectivity index (χ1) is 7.60. The quantitative estimate of drug-likeness (QED) is 0.507. The van der Waals surface area contributed by atoms with Crippen LogP contribution >= 0.6 is 22.6 Å². The Morgan fingerprint density at radius 3 is 2.81 bits per heavy atom. The minimum Gasteiger partial charge on any atom is -0.393 e. The zero-order valence-electron chi connectivity index (χ0n) is 8.38. The van der Waals surface area contributed by atoms with Gasteiger partial charge in [-0.15, -0.1) is 0 Å².